The van der Waals surface area contributed by atoms with Crippen LogP contribution in [0.25, 0.3) is 16.7 Å². The molecule has 0 aliphatic rings. The highest BCUT2D eigenvalue weighted by molar-refractivity contribution is 6.35. The van der Waals surface area contributed by atoms with Crippen molar-refractivity contribution in [3.63, 3.8) is 0 Å². The van der Waals surface area contributed by atoms with Gasteiger partial charge in [-0.1, -0.05) is 75.0 Å². The summed E-state index contributed by atoms with van der Waals surface area (Å²) in [6, 6.07) is 12.8. The highest BCUT2D eigenvalue weighted by atomic mass is 35.5. The van der Waals surface area contributed by atoms with Crippen molar-refractivity contribution in [2.75, 3.05) is 0 Å². The van der Waals surface area contributed by atoms with Gasteiger partial charge in [-0.3, -0.25) is 4.79 Å². The van der Waals surface area contributed by atoms with Gasteiger partial charge in [0.05, 0.1) is 5.57 Å². The lowest BCUT2D eigenvalue weighted by molar-refractivity contribution is -0.112. The number of amides is 1. The minimum atomic E-state index is -0.684. The monoisotopic (exact) mass is 447 g/mol. The molecule has 2 rings (SSSR count). The van der Waals surface area contributed by atoms with Gasteiger partial charge in [-0.2, -0.15) is 0 Å². The van der Waals surface area contributed by atoms with Gasteiger partial charge in [0.25, 0.3) is 5.91 Å². The maximum atomic E-state index is 12.2. The molecule has 0 aliphatic heterocycles. The van der Waals surface area contributed by atoms with Crippen LogP contribution < -0.4 is 5.73 Å². The number of benzene rings is 2. The number of allylic oxidation sites excluding steroid dienone is 1. The Hall–Kier alpha value is -1.97. The smallest absolute Gasteiger partial charge is 0.252 e. The van der Waals surface area contributed by atoms with Gasteiger partial charge in [-0.15, -0.1) is 0 Å². The molecule has 30 heavy (non-hydrogen) atoms. The molecule has 2 aromatic carbocycles. The van der Waals surface area contributed by atoms with Crippen molar-refractivity contribution >= 4 is 34.7 Å². The standard InChI is InChI=1S/C25H31Cl2NO2/c1-4-6-17(16(2)3)7-5-8-23(29)24(25(28)30)21-15-19(11-14-22(21)27)18-9-12-20(26)13-10-18/h9-17,29H,4-8H2,1-3H3,(H2,28,30)/b24-23+/t17-/m1/s1. The van der Waals surface area contributed by atoms with Crippen molar-refractivity contribution in [2.24, 2.45) is 17.6 Å². The summed E-state index contributed by atoms with van der Waals surface area (Å²) in [5.74, 6) is 0.516. The number of aliphatic hydroxyl groups is 1. The molecule has 0 unspecified atom stereocenters. The minimum Gasteiger partial charge on any atom is -0.511 e. The molecule has 0 spiro atoms. The lowest BCUT2D eigenvalue weighted by Gasteiger charge is -2.20. The second-order valence-electron chi connectivity index (χ2n) is 8.07. The number of carbonyl (C=O) groups excluding carboxylic acids is 1. The fraction of sp³-hybridized carbons (Fsp3) is 0.400. The number of rotatable bonds is 10. The normalized spacial score (nSPS) is 13.3. The molecule has 5 heteroatoms. The van der Waals surface area contributed by atoms with E-state index in [-0.39, 0.29) is 11.3 Å². The van der Waals surface area contributed by atoms with Gasteiger partial charge in [0.2, 0.25) is 0 Å². The van der Waals surface area contributed by atoms with Gasteiger partial charge >= 0.3 is 0 Å². The van der Waals surface area contributed by atoms with E-state index < -0.39 is 5.91 Å². The lowest BCUT2D eigenvalue weighted by Crippen LogP contribution is -2.16. The van der Waals surface area contributed by atoms with Crippen molar-refractivity contribution in [2.45, 2.75) is 52.9 Å². The second kappa shape index (κ2) is 11.4. The van der Waals surface area contributed by atoms with E-state index >= 15 is 0 Å². The quantitative estimate of drug-likeness (QED) is 0.290. The second-order valence-corrected chi connectivity index (χ2v) is 8.92. The molecule has 0 saturated heterocycles. The van der Waals surface area contributed by atoms with E-state index in [1.165, 1.54) is 6.42 Å². The van der Waals surface area contributed by atoms with Crippen LogP contribution in [-0.2, 0) is 4.79 Å². The van der Waals surface area contributed by atoms with E-state index in [9.17, 15) is 9.90 Å². The fourth-order valence-electron chi connectivity index (χ4n) is 3.81. The Kier molecular flexibility index (Phi) is 9.26. The van der Waals surface area contributed by atoms with Crippen LogP contribution >= 0.6 is 23.2 Å². The first kappa shape index (κ1) is 24.3. The Morgan fingerprint density at radius 2 is 1.67 bits per heavy atom. The zero-order valence-electron chi connectivity index (χ0n) is 17.9. The Bertz CT molecular complexity index is 889. The minimum absolute atomic E-state index is 0.00309. The summed E-state index contributed by atoms with van der Waals surface area (Å²) >= 11 is 12.4. The molecule has 0 fully saturated rings. The lowest BCUT2D eigenvalue weighted by atomic mass is 9.86. The van der Waals surface area contributed by atoms with Crippen LogP contribution in [0, 0.1) is 11.8 Å². The van der Waals surface area contributed by atoms with Crippen molar-refractivity contribution in [1.82, 2.24) is 0 Å². The van der Waals surface area contributed by atoms with E-state index in [2.05, 4.69) is 20.8 Å². The third-order valence-corrected chi connectivity index (χ3v) is 6.12. The van der Waals surface area contributed by atoms with E-state index in [1.54, 1.807) is 24.3 Å². The Morgan fingerprint density at radius 1 is 1.03 bits per heavy atom. The first-order chi connectivity index (χ1) is 14.2. The summed E-state index contributed by atoms with van der Waals surface area (Å²) in [4.78, 5) is 12.2. The number of halogens is 2. The summed E-state index contributed by atoms with van der Waals surface area (Å²) in [7, 11) is 0. The summed E-state index contributed by atoms with van der Waals surface area (Å²) in [6.45, 7) is 6.65. The molecule has 1 amide bonds. The number of primary amides is 1. The van der Waals surface area contributed by atoms with Gasteiger partial charge < -0.3 is 10.8 Å². The van der Waals surface area contributed by atoms with Gasteiger partial charge in [-0.05, 0) is 60.1 Å². The van der Waals surface area contributed by atoms with Crippen LogP contribution in [0.5, 0.6) is 0 Å². The average Bonchev–Trinajstić information content (AvgIpc) is 2.69. The first-order valence-corrected chi connectivity index (χ1v) is 11.3. The molecule has 0 radical (unpaired) electrons. The molecule has 1 atom stereocenters. The predicted molar refractivity (Wildman–Crippen MR) is 128 cm³/mol. The predicted octanol–water partition coefficient (Wildman–Crippen LogP) is 7.66. The van der Waals surface area contributed by atoms with Gasteiger partial charge in [-0.25, -0.2) is 0 Å². The molecule has 2 aromatic rings. The topological polar surface area (TPSA) is 63.3 Å². The maximum Gasteiger partial charge on any atom is 0.252 e. The SMILES string of the molecule is CCC[C@H](CCC/C(O)=C(\C(N)=O)c1cc(-c2ccc(Cl)cc2)ccc1Cl)C(C)C. The molecule has 3 nitrogen and oxygen atoms in total. The number of aliphatic hydroxyl groups excluding tert-OH is 1. The average molecular weight is 448 g/mol. The van der Waals surface area contributed by atoms with E-state index in [1.807, 2.05) is 18.2 Å². The molecule has 0 aliphatic carbocycles. The Balaban J connectivity index is 2.31. The van der Waals surface area contributed by atoms with Gasteiger partial charge in [0.1, 0.15) is 5.76 Å². The van der Waals surface area contributed by atoms with E-state index in [0.29, 0.717) is 33.9 Å². The van der Waals surface area contributed by atoms with Gasteiger partial charge in [0, 0.05) is 22.0 Å². The first-order valence-electron chi connectivity index (χ1n) is 10.5. The molecule has 0 aromatic heterocycles. The van der Waals surface area contributed by atoms with Crippen LogP contribution in [0.3, 0.4) is 0 Å². The molecule has 0 saturated carbocycles. The van der Waals surface area contributed by atoms with Crippen molar-refractivity contribution in [3.8, 4) is 11.1 Å². The number of carbonyl (C=O) groups is 1. The van der Waals surface area contributed by atoms with E-state index in [4.69, 9.17) is 28.9 Å². The maximum absolute atomic E-state index is 12.2. The molecule has 0 heterocycles. The highest BCUT2D eigenvalue weighted by Crippen LogP contribution is 2.33. The molecule has 0 bridgehead atoms. The summed E-state index contributed by atoms with van der Waals surface area (Å²) < 4.78 is 0. The van der Waals surface area contributed by atoms with Crippen LogP contribution in [0.15, 0.2) is 48.2 Å². The molecular weight excluding hydrogens is 417 g/mol. The van der Waals surface area contributed by atoms with E-state index in [0.717, 1.165) is 30.4 Å². The Labute approximate surface area is 189 Å². The number of hydrogen-bond donors (Lipinski definition) is 2. The Morgan fingerprint density at radius 3 is 2.23 bits per heavy atom. The third kappa shape index (κ3) is 6.52. The summed E-state index contributed by atoms with van der Waals surface area (Å²) in [6.07, 6.45) is 4.50. The van der Waals surface area contributed by atoms with Crippen LogP contribution in [0.1, 0.15) is 58.4 Å². The van der Waals surface area contributed by atoms with Crippen molar-refractivity contribution in [1.29, 1.82) is 0 Å². The summed E-state index contributed by atoms with van der Waals surface area (Å²) in [5, 5.41) is 11.8. The zero-order valence-corrected chi connectivity index (χ0v) is 19.4. The number of hydrogen-bond acceptors (Lipinski definition) is 2. The van der Waals surface area contributed by atoms with Crippen LogP contribution in [0.4, 0.5) is 0 Å². The highest BCUT2D eigenvalue weighted by Gasteiger charge is 2.19. The zero-order chi connectivity index (χ0) is 22.3. The van der Waals surface area contributed by atoms with Crippen LogP contribution in [0.2, 0.25) is 10.0 Å². The molecule has 162 valence electrons. The molecule has 3 N–H and O–H groups in total. The number of nitrogens with two attached hydrogens (primary N) is 1. The summed E-state index contributed by atoms with van der Waals surface area (Å²) in [5.41, 5.74) is 7.97. The van der Waals surface area contributed by atoms with Crippen molar-refractivity contribution in [3.05, 3.63) is 63.8 Å². The molecular formula is C25H31Cl2NO2. The third-order valence-electron chi connectivity index (χ3n) is 5.54. The fourth-order valence-corrected chi connectivity index (χ4v) is 4.15. The van der Waals surface area contributed by atoms with Crippen LogP contribution in [-0.4, -0.2) is 11.0 Å². The van der Waals surface area contributed by atoms with Crippen molar-refractivity contribution < 1.29 is 9.90 Å². The van der Waals surface area contributed by atoms with Gasteiger partial charge in [0.15, 0.2) is 0 Å². The largest absolute Gasteiger partial charge is 0.511 e.